The smallest absolute Gasteiger partial charge is 0.0703 e. The molecular weight excluding hydrogens is 825 g/mol. The largest absolute Gasteiger partial charge is 0.310 e. The Bertz CT molecular complexity index is 3420. The van der Waals surface area contributed by atoms with Crippen molar-refractivity contribution in [2.75, 3.05) is 9.80 Å². The lowest BCUT2D eigenvalue weighted by Gasteiger charge is -2.35. The number of hydrogen-bond donors (Lipinski definition) is 0. The van der Waals surface area contributed by atoms with Crippen LogP contribution in [0.15, 0.2) is 200 Å². The fourth-order valence-electron chi connectivity index (χ4n) is 9.40. The quantitative estimate of drug-likeness (QED) is 0.142. The minimum atomic E-state index is -0.234. The molecule has 0 unspecified atom stereocenters. The fourth-order valence-corrected chi connectivity index (χ4v) is 9.40. The zero-order valence-corrected chi connectivity index (χ0v) is 40.8. The minimum Gasteiger partial charge on any atom is -0.310 e. The number of aromatic nitrogens is 2. The van der Waals surface area contributed by atoms with Gasteiger partial charge in [-0.2, -0.15) is 0 Å². The van der Waals surface area contributed by atoms with Crippen LogP contribution in [0.5, 0.6) is 0 Å². The van der Waals surface area contributed by atoms with E-state index in [9.17, 15) is 0 Å². The summed E-state index contributed by atoms with van der Waals surface area (Å²) < 4.78 is 0. The Hall–Kier alpha value is -7.56. The zero-order valence-electron chi connectivity index (χ0n) is 40.8. The molecule has 0 spiro atoms. The van der Waals surface area contributed by atoms with Crippen LogP contribution in [0.2, 0.25) is 0 Å². The van der Waals surface area contributed by atoms with Crippen LogP contribution in [0.4, 0.5) is 34.1 Å². The Morgan fingerprint density at radius 1 is 0.338 bits per heavy atom. The lowest BCUT2D eigenvalue weighted by molar-refractivity contribution is 0.589. The number of para-hydroxylation sites is 1. The number of pyridine rings is 2. The molecule has 8 aromatic carbocycles. The van der Waals surface area contributed by atoms with Crippen molar-refractivity contribution in [2.24, 2.45) is 0 Å². The maximum absolute atomic E-state index is 5.17. The molecule has 2 aromatic heterocycles. The summed E-state index contributed by atoms with van der Waals surface area (Å²) in [6, 6.07) is 68.8. The van der Waals surface area contributed by atoms with E-state index in [1.807, 2.05) is 12.3 Å². The van der Waals surface area contributed by atoms with Crippen molar-refractivity contribution in [3.8, 4) is 22.4 Å². The molecule has 0 N–H and O–H groups in total. The van der Waals surface area contributed by atoms with Gasteiger partial charge in [0.1, 0.15) is 0 Å². The highest BCUT2D eigenvalue weighted by Gasteiger charge is 2.30. The fraction of sp³-hybridized carbons (Fsp3) is 0.188. The van der Waals surface area contributed by atoms with Gasteiger partial charge in [-0.05, 0) is 127 Å². The summed E-state index contributed by atoms with van der Waals surface area (Å²) in [6.07, 6.45) is 4.09. The molecule has 0 aliphatic carbocycles. The third kappa shape index (κ3) is 8.63. The maximum atomic E-state index is 5.17. The Kier molecular flexibility index (Phi) is 11.2. The second-order valence-electron chi connectivity index (χ2n) is 21.3. The number of anilines is 6. The number of rotatable bonds is 8. The van der Waals surface area contributed by atoms with E-state index in [1.165, 1.54) is 38.2 Å². The predicted octanol–water partition coefficient (Wildman–Crippen LogP) is 18.1. The normalized spacial score (nSPS) is 12.2. The van der Waals surface area contributed by atoms with Crippen LogP contribution in [0.3, 0.4) is 0 Å². The van der Waals surface area contributed by atoms with Crippen LogP contribution in [0, 0.1) is 0 Å². The van der Waals surface area contributed by atoms with E-state index in [4.69, 9.17) is 9.97 Å². The topological polar surface area (TPSA) is 32.3 Å². The average Bonchev–Trinajstić information content (AvgIpc) is 3.34. The molecule has 0 atom stereocenters. The summed E-state index contributed by atoms with van der Waals surface area (Å²) in [4.78, 5) is 15.2. The van der Waals surface area contributed by atoms with Gasteiger partial charge >= 0.3 is 0 Å². The molecule has 0 fully saturated rings. The predicted molar refractivity (Wildman–Crippen MR) is 291 cm³/mol. The van der Waals surface area contributed by atoms with Gasteiger partial charge in [-0.15, -0.1) is 0 Å². The molecular formula is C64H60N4. The van der Waals surface area contributed by atoms with Crippen LogP contribution < -0.4 is 9.80 Å². The van der Waals surface area contributed by atoms with E-state index in [0.717, 1.165) is 67.4 Å². The zero-order chi connectivity index (χ0) is 47.4. The summed E-state index contributed by atoms with van der Waals surface area (Å²) in [5, 5.41) is 5.94. The van der Waals surface area contributed by atoms with Gasteiger partial charge in [0, 0.05) is 45.3 Å². The first-order chi connectivity index (χ1) is 32.6. The second kappa shape index (κ2) is 17.3. The molecule has 0 saturated heterocycles. The van der Waals surface area contributed by atoms with Gasteiger partial charge in [-0.3, -0.25) is 9.97 Å². The standard InChI is InChI=1S/C64H60N4/c1-62(2,3)48-26-31-51(32-27-48)67(53-30-25-44-24-23-43-17-13-15-21-55(43)56(44)40-53)59-38-50(64(7,8)9)39-60(61(59)47-37-46-20-14-16-22-57(46)65-41-47)68(52-33-28-49(29-34-52)63(4,5)6)54-35-36-58(66-42-54)45-18-11-10-12-19-45/h10-42H,1-9H3. The molecule has 0 saturated carbocycles. The van der Waals surface area contributed by atoms with Crippen LogP contribution in [0.25, 0.3) is 54.8 Å². The highest BCUT2D eigenvalue weighted by atomic mass is 15.2. The van der Waals surface area contributed by atoms with Crippen molar-refractivity contribution in [2.45, 2.75) is 78.6 Å². The Balaban J connectivity index is 1.33. The van der Waals surface area contributed by atoms with Gasteiger partial charge in [-0.1, -0.05) is 178 Å². The van der Waals surface area contributed by atoms with Crippen molar-refractivity contribution in [3.05, 3.63) is 217 Å². The maximum Gasteiger partial charge on any atom is 0.0703 e. The highest BCUT2D eigenvalue weighted by Crippen LogP contribution is 2.52. The van der Waals surface area contributed by atoms with E-state index in [1.54, 1.807) is 0 Å². The minimum absolute atomic E-state index is 0.0143. The van der Waals surface area contributed by atoms with Crippen molar-refractivity contribution in [1.29, 1.82) is 0 Å². The van der Waals surface area contributed by atoms with Gasteiger partial charge in [0.15, 0.2) is 0 Å². The summed E-state index contributed by atoms with van der Waals surface area (Å²) in [5.41, 5.74) is 14.7. The summed E-state index contributed by atoms with van der Waals surface area (Å²) >= 11 is 0. The van der Waals surface area contributed by atoms with E-state index in [2.05, 4.69) is 260 Å². The monoisotopic (exact) mass is 884 g/mol. The van der Waals surface area contributed by atoms with Crippen molar-refractivity contribution < 1.29 is 0 Å². The molecule has 4 heteroatoms. The molecule has 68 heavy (non-hydrogen) atoms. The van der Waals surface area contributed by atoms with E-state index in [-0.39, 0.29) is 16.2 Å². The molecule has 0 aliphatic heterocycles. The molecule has 0 bridgehead atoms. The Morgan fingerprint density at radius 2 is 0.838 bits per heavy atom. The van der Waals surface area contributed by atoms with Crippen molar-refractivity contribution >= 4 is 66.6 Å². The Morgan fingerprint density at radius 3 is 1.43 bits per heavy atom. The van der Waals surface area contributed by atoms with Crippen molar-refractivity contribution in [1.82, 2.24) is 9.97 Å². The van der Waals surface area contributed by atoms with Crippen LogP contribution in [-0.4, -0.2) is 9.97 Å². The number of hydrogen-bond acceptors (Lipinski definition) is 4. The molecule has 10 rings (SSSR count). The molecule has 10 aromatic rings. The number of benzene rings is 8. The molecule has 4 nitrogen and oxygen atoms in total. The van der Waals surface area contributed by atoms with E-state index < -0.39 is 0 Å². The summed E-state index contributed by atoms with van der Waals surface area (Å²) in [7, 11) is 0. The third-order valence-electron chi connectivity index (χ3n) is 13.4. The summed E-state index contributed by atoms with van der Waals surface area (Å²) in [6.45, 7) is 20.6. The van der Waals surface area contributed by atoms with Crippen LogP contribution in [0.1, 0.15) is 79.0 Å². The lowest BCUT2D eigenvalue weighted by atomic mass is 9.83. The highest BCUT2D eigenvalue weighted by molar-refractivity contribution is 6.09. The third-order valence-corrected chi connectivity index (χ3v) is 13.4. The number of nitrogens with zero attached hydrogens (tertiary/aromatic N) is 4. The Labute approximate surface area is 402 Å². The van der Waals surface area contributed by atoms with Gasteiger partial charge in [0.25, 0.3) is 0 Å². The first-order valence-electron chi connectivity index (χ1n) is 23.9. The van der Waals surface area contributed by atoms with Gasteiger partial charge < -0.3 is 9.80 Å². The lowest BCUT2D eigenvalue weighted by Crippen LogP contribution is -2.20. The molecule has 2 heterocycles. The second-order valence-corrected chi connectivity index (χ2v) is 21.3. The summed E-state index contributed by atoms with van der Waals surface area (Å²) in [5.74, 6) is 0. The van der Waals surface area contributed by atoms with E-state index >= 15 is 0 Å². The van der Waals surface area contributed by atoms with Crippen LogP contribution >= 0.6 is 0 Å². The average molecular weight is 885 g/mol. The molecule has 0 aliphatic rings. The first-order valence-corrected chi connectivity index (χ1v) is 23.9. The SMILES string of the molecule is CC(C)(C)c1ccc(N(c2ccc(-c3ccccc3)nc2)c2cc(C(C)(C)C)cc(N(c3ccc(C(C)(C)C)cc3)c3ccc4ccc5ccccc5c4c3)c2-c2cnc3ccccc3c2)cc1. The van der Waals surface area contributed by atoms with Gasteiger partial charge in [0.05, 0.1) is 34.5 Å². The molecule has 0 radical (unpaired) electrons. The van der Waals surface area contributed by atoms with Gasteiger partial charge in [0.2, 0.25) is 0 Å². The molecule has 336 valence electrons. The van der Waals surface area contributed by atoms with Gasteiger partial charge in [-0.25, -0.2) is 0 Å². The first kappa shape index (κ1) is 44.3. The van der Waals surface area contributed by atoms with E-state index in [0.29, 0.717) is 0 Å². The number of fused-ring (bicyclic) bond motifs is 4. The van der Waals surface area contributed by atoms with Crippen LogP contribution in [-0.2, 0) is 16.2 Å². The molecule has 0 amide bonds. The van der Waals surface area contributed by atoms with Crippen molar-refractivity contribution in [3.63, 3.8) is 0 Å².